The third-order valence-corrected chi connectivity index (χ3v) is 1.46. The number of aliphatic hydroxyl groups excluding tert-OH is 1. The van der Waals surface area contributed by atoms with Crippen molar-refractivity contribution in [2.75, 3.05) is 18.5 Å². The largest absolute Gasteiger partial charge is 0.433 e. The fourth-order valence-electron chi connectivity index (χ4n) is 0.875. The molecular formula is C8H9F3N2O. The highest BCUT2D eigenvalue weighted by molar-refractivity contribution is 5.35. The maximum atomic E-state index is 12.2. The Morgan fingerprint density at radius 2 is 2.07 bits per heavy atom. The summed E-state index contributed by atoms with van der Waals surface area (Å²) in [5, 5.41) is 11.0. The van der Waals surface area contributed by atoms with E-state index in [-0.39, 0.29) is 19.0 Å². The van der Waals surface area contributed by atoms with E-state index in [1.165, 1.54) is 12.1 Å². The van der Waals surface area contributed by atoms with Crippen LogP contribution in [0.5, 0.6) is 0 Å². The lowest BCUT2D eigenvalue weighted by Gasteiger charge is -2.08. The highest BCUT2D eigenvalue weighted by Crippen LogP contribution is 2.27. The molecule has 0 unspecified atom stereocenters. The van der Waals surface area contributed by atoms with Gasteiger partial charge in [0.25, 0.3) is 0 Å². The number of nitrogens with zero attached hydrogens (tertiary/aromatic N) is 1. The third-order valence-electron chi connectivity index (χ3n) is 1.46. The molecule has 0 saturated carbocycles. The Hall–Kier alpha value is -1.30. The quantitative estimate of drug-likeness (QED) is 0.787. The van der Waals surface area contributed by atoms with Crippen LogP contribution in [0.4, 0.5) is 19.0 Å². The second-order valence-electron chi connectivity index (χ2n) is 2.56. The van der Waals surface area contributed by atoms with Gasteiger partial charge in [0.15, 0.2) is 0 Å². The van der Waals surface area contributed by atoms with Gasteiger partial charge in [-0.25, -0.2) is 4.98 Å². The summed E-state index contributed by atoms with van der Waals surface area (Å²) in [4.78, 5) is 3.33. The Morgan fingerprint density at radius 3 is 2.64 bits per heavy atom. The molecule has 0 aromatic carbocycles. The number of hydrogen-bond donors (Lipinski definition) is 2. The summed E-state index contributed by atoms with van der Waals surface area (Å²) in [6.07, 6.45) is -4.43. The predicted octanol–water partition coefficient (Wildman–Crippen LogP) is 1.50. The van der Waals surface area contributed by atoms with Gasteiger partial charge in [-0.1, -0.05) is 6.07 Å². The van der Waals surface area contributed by atoms with Gasteiger partial charge >= 0.3 is 6.18 Å². The molecular weight excluding hydrogens is 197 g/mol. The van der Waals surface area contributed by atoms with Crippen molar-refractivity contribution >= 4 is 5.82 Å². The van der Waals surface area contributed by atoms with Gasteiger partial charge in [0.1, 0.15) is 11.5 Å². The van der Waals surface area contributed by atoms with Gasteiger partial charge in [0, 0.05) is 6.54 Å². The molecule has 1 heterocycles. The van der Waals surface area contributed by atoms with Crippen LogP contribution >= 0.6 is 0 Å². The van der Waals surface area contributed by atoms with Crippen LogP contribution in [0.3, 0.4) is 0 Å². The van der Waals surface area contributed by atoms with Gasteiger partial charge in [-0.05, 0) is 12.1 Å². The average molecular weight is 206 g/mol. The minimum absolute atomic E-state index is 0.105. The van der Waals surface area contributed by atoms with Crippen molar-refractivity contribution in [3.8, 4) is 0 Å². The summed E-state index contributed by atoms with van der Waals surface area (Å²) in [5.74, 6) is 0.105. The molecule has 0 fully saturated rings. The predicted molar refractivity (Wildman–Crippen MR) is 44.8 cm³/mol. The van der Waals surface area contributed by atoms with E-state index >= 15 is 0 Å². The lowest BCUT2D eigenvalue weighted by atomic mass is 10.3. The molecule has 0 aliphatic carbocycles. The first kappa shape index (κ1) is 10.8. The maximum Gasteiger partial charge on any atom is 0.433 e. The third kappa shape index (κ3) is 2.88. The van der Waals surface area contributed by atoms with E-state index in [4.69, 9.17) is 5.11 Å². The van der Waals surface area contributed by atoms with Crippen molar-refractivity contribution in [2.24, 2.45) is 0 Å². The van der Waals surface area contributed by atoms with Crippen LogP contribution in [0, 0.1) is 0 Å². The zero-order valence-electron chi connectivity index (χ0n) is 7.17. The van der Waals surface area contributed by atoms with Crippen molar-refractivity contribution in [1.82, 2.24) is 4.98 Å². The van der Waals surface area contributed by atoms with Gasteiger partial charge in [-0.3, -0.25) is 0 Å². The molecule has 0 amide bonds. The summed E-state index contributed by atoms with van der Waals surface area (Å²) in [6.45, 7) is 0.0201. The highest BCUT2D eigenvalue weighted by atomic mass is 19.4. The van der Waals surface area contributed by atoms with Crippen LogP contribution in [0.25, 0.3) is 0 Å². The van der Waals surface area contributed by atoms with E-state index in [1.54, 1.807) is 0 Å². The molecule has 1 aromatic rings. The molecule has 0 aliphatic rings. The molecule has 0 spiro atoms. The lowest BCUT2D eigenvalue weighted by Crippen LogP contribution is -2.11. The van der Waals surface area contributed by atoms with Crippen LogP contribution in [0.1, 0.15) is 5.69 Å². The molecule has 3 nitrogen and oxygen atoms in total. The van der Waals surface area contributed by atoms with Crippen LogP contribution in [-0.2, 0) is 6.18 Å². The number of nitrogens with one attached hydrogen (secondary N) is 1. The molecule has 14 heavy (non-hydrogen) atoms. The first-order chi connectivity index (χ1) is 6.54. The van der Waals surface area contributed by atoms with E-state index < -0.39 is 11.9 Å². The standard InChI is InChI=1S/C8H9F3N2O/c9-8(10,11)6-2-1-3-7(13-6)12-4-5-14/h1-3,14H,4-5H2,(H,12,13). The van der Waals surface area contributed by atoms with Gasteiger partial charge in [-0.2, -0.15) is 13.2 Å². The Balaban J connectivity index is 2.79. The molecule has 0 bridgehead atoms. The molecule has 6 heteroatoms. The van der Waals surface area contributed by atoms with E-state index in [9.17, 15) is 13.2 Å². The zero-order chi connectivity index (χ0) is 10.6. The summed E-state index contributed by atoms with van der Waals surface area (Å²) in [5.41, 5.74) is -0.944. The average Bonchev–Trinajstić information content (AvgIpc) is 2.14. The summed E-state index contributed by atoms with van der Waals surface area (Å²) in [6, 6.07) is 3.56. The lowest BCUT2D eigenvalue weighted by molar-refractivity contribution is -0.141. The minimum atomic E-state index is -4.43. The molecule has 0 saturated heterocycles. The van der Waals surface area contributed by atoms with E-state index in [0.717, 1.165) is 6.07 Å². The highest BCUT2D eigenvalue weighted by Gasteiger charge is 2.32. The van der Waals surface area contributed by atoms with Gasteiger partial charge in [-0.15, -0.1) is 0 Å². The Bertz CT molecular complexity index is 301. The van der Waals surface area contributed by atoms with Crippen LogP contribution in [0.2, 0.25) is 0 Å². The summed E-state index contributed by atoms with van der Waals surface area (Å²) < 4.78 is 36.5. The fraction of sp³-hybridized carbons (Fsp3) is 0.375. The van der Waals surface area contributed by atoms with Crippen molar-refractivity contribution in [1.29, 1.82) is 0 Å². The van der Waals surface area contributed by atoms with Gasteiger partial charge < -0.3 is 10.4 Å². The smallest absolute Gasteiger partial charge is 0.395 e. The molecule has 0 radical (unpaired) electrons. The first-order valence-corrected chi connectivity index (χ1v) is 3.93. The van der Waals surface area contributed by atoms with E-state index in [1.807, 2.05) is 0 Å². The Kier molecular flexibility index (Phi) is 3.29. The second-order valence-corrected chi connectivity index (χ2v) is 2.56. The number of alkyl halides is 3. The SMILES string of the molecule is OCCNc1cccc(C(F)(F)F)n1. The van der Waals surface area contributed by atoms with Crippen molar-refractivity contribution in [3.63, 3.8) is 0 Å². The molecule has 0 aliphatic heterocycles. The Labute approximate surface area is 78.6 Å². The molecule has 1 aromatic heterocycles. The summed E-state index contributed by atoms with van der Waals surface area (Å²) >= 11 is 0. The zero-order valence-corrected chi connectivity index (χ0v) is 7.17. The van der Waals surface area contributed by atoms with E-state index in [2.05, 4.69) is 10.3 Å². The fourth-order valence-corrected chi connectivity index (χ4v) is 0.875. The van der Waals surface area contributed by atoms with Gasteiger partial charge in [0.2, 0.25) is 0 Å². The van der Waals surface area contributed by atoms with Crippen molar-refractivity contribution < 1.29 is 18.3 Å². The number of halogens is 3. The molecule has 0 atom stereocenters. The van der Waals surface area contributed by atoms with Crippen LogP contribution < -0.4 is 5.32 Å². The first-order valence-electron chi connectivity index (χ1n) is 3.93. The molecule has 1 rings (SSSR count). The van der Waals surface area contributed by atoms with Crippen LogP contribution in [0.15, 0.2) is 18.2 Å². The number of aliphatic hydroxyl groups is 1. The summed E-state index contributed by atoms with van der Waals surface area (Å²) in [7, 11) is 0. The molecule has 78 valence electrons. The number of pyridine rings is 1. The number of aromatic nitrogens is 1. The Morgan fingerprint density at radius 1 is 1.36 bits per heavy atom. The van der Waals surface area contributed by atoms with E-state index in [0.29, 0.717) is 0 Å². The number of hydrogen-bond acceptors (Lipinski definition) is 3. The molecule has 2 N–H and O–H groups in total. The van der Waals surface area contributed by atoms with Crippen molar-refractivity contribution in [2.45, 2.75) is 6.18 Å². The maximum absolute atomic E-state index is 12.2. The van der Waals surface area contributed by atoms with Crippen LogP contribution in [-0.4, -0.2) is 23.2 Å². The van der Waals surface area contributed by atoms with Gasteiger partial charge in [0.05, 0.1) is 6.61 Å². The minimum Gasteiger partial charge on any atom is -0.395 e. The topological polar surface area (TPSA) is 45.1 Å². The van der Waals surface area contributed by atoms with Crippen molar-refractivity contribution in [3.05, 3.63) is 23.9 Å². The second kappa shape index (κ2) is 4.28. The number of rotatable bonds is 3. The monoisotopic (exact) mass is 206 g/mol. The number of anilines is 1. The normalized spacial score (nSPS) is 11.4.